The summed E-state index contributed by atoms with van der Waals surface area (Å²) in [6.45, 7) is 0. The van der Waals surface area contributed by atoms with Crippen LogP contribution < -0.4 is 0 Å². The van der Waals surface area contributed by atoms with Gasteiger partial charge in [0.15, 0.2) is 0 Å². The van der Waals surface area contributed by atoms with Gasteiger partial charge in [0.05, 0.1) is 5.56 Å². The average molecular weight is 291 g/mol. The van der Waals surface area contributed by atoms with Crippen molar-refractivity contribution in [2.24, 2.45) is 0 Å². The Labute approximate surface area is 106 Å². The summed E-state index contributed by atoms with van der Waals surface area (Å²) < 4.78 is 0.920. The molecule has 1 aromatic heterocycles. The molecule has 4 heteroatoms. The van der Waals surface area contributed by atoms with Crippen LogP contribution in [0.25, 0.3) is 0 Å². The summed E-state index contributed by atoms with van der Waals surface area (Å²) in [5.41, 5.74) is 0.677. The molecule has 2 aromatic rings. The molecule has 78 valence electrons. The summed E-state index contributed by atoms with van der Waals surface area (Å²) in [6.07, 6.45) is 3.49. The molecule has 0 aliphatic carbocycles. The van der Waals surface area contributed by atoms with E-state index in [1.807, 2.05) is 30.3 Å². The number of nitriles is 1. The maximum atomic E-state index is 9.02. The first-order chi connectivity index (χ1) is 7.79. The highest BCUT2D eigenvalue weighted by atomic mass is 79.9. The molecule has 0 amide bonds. The lowest BCUT2D eigenvalue weighted by molar-refractivity contribution is 1.25. The molecule has 0 saturated heterocycles. The molecule has 1 aromatic carbocycles. The Bertz CT molecular complexity index is 534. The fourth-order valence-electron chi connectivity index (χ4n) is 1.21. The molecule has 16 heavy (non-hydrogen) atoms. The third-order valence-corrected chi connectivity index (χ3v) is 3.52. The Hall–Kier alpha value is -1.31. The lowest BCUT2D eigenvalue weighted by Crippen LogP contribution is -1.81. The van der Waals surface area contributed by atoms with Crippen molar-refractivity contribution in [1.82, 2.24) is 4.98 Å². The SMILES string of the molecule is N#Cc1cc(Br)ccc1Sc1ccncc1. The topological polar surface area (TPSA) is 36.7 Å². The number of halogens is 1. The maximum absolute atomic E-state index is 9.02. The number of hydrogen-bond acceptors (Lipinski definition) is 3. The molecule has 0 fully saturated rings. The van der Waals surface area contributed by atoms with Gasteiger partial charge < -0.3 is 0 Å². The fraction of sp³-hybridized carbons (Fsp3) is 0. The van der Waals surface area contributed by atoms with E-state index in [0.717, 1.165) is 14.3 Å². The molecule has 2 rings (SSSR count). The lowest BCUT2D eigenvalue weighted by atomic mass is 10.2. The first-order valence-corrected chi connectivity index (χ1v) is 6.18. The molecule has 0 N–H and O–H groups in total. The number of rotatable bonds is 2. The minimum absolute atomic E-state index is 0.677. The first kappa shape index (κ1) is 11.2. The van der Waals surface area contributed by atoms with Crippen LogP contribution in [0, 0.1) is 11.3 Å². The van der Waals surface area contributed by atoms with Crippen LogP contribution in [0.4, 0.5) is 0 Å². The molecular formula is C12H7BrN2S. The van der Waals surface area contributed by atoms with E-state index in [4.69, 9.17) is 5.26 Å². The van der Waals surface area contributed by atoms with Crippen LogP contribution in [0.3, 0.4) is 0 Å². The minimum atomic E-state index is 0.677. The molecule has 2 nitrogen and oxygen atoms in total. The molecular weight excluding hydrogens is 284 g/mol. The van der Waals surface area contributed by atoms with Crippen LogP contribution >= 0.6 is 27.7 Å². The summed E-state index contributed by atoms with van der Waals surface area (Å²) in [5.74, 6) is 0. The highest BCUT2D eigenvalue weighted by Gasteiger charge is 2.04. The molecule has 0 aliphatic rings. The highest BCUT2D eigenvalue weighted by Crippen LogP contribution is 2.31. The van der Waals surface area contributed by atoms with E-state index in [0.29, 0.717) is 5.56 Å². The van der Waals surface area contributed by atoms with E-state index in [9.17, 15) is 0 Å². The summed E-state index contributed by atoms with van der Waals surface area (Å²) in [5, 5.41) is 9.02. The van der Waals surface area contributed by atoms with Gasteiger partial charge in [0.2, 0.25) is 0 Å². The van der Waals surface area contributed by atoms with Gasteiger partial charge >= 0.3 is 0 Å². The fourth-order valence-corrected chi connectivity index (χ4v) is 2.44. The van der Waals surface area contributed by atoms with Crippen molar-refractivity contribution >= 4 is 27.7 Å². The van der Waals surface area contributed by atoms with E-state index in [1.54, 1.807) is 24.2 Å². The Morgan fingerprint density at radius 3 is 2.62 bits per heavy atom. The predicted molar refractivity (Wildman–Crippen MR) is 67.2 cm³/mol. The van der Waals surface area contributed by atoms with Gasteiger partial charge in [-0.3, -0.25) is 4.98 Å². The first-order valence-electron chi connectivity index (χ1n) is 4.57. The zero-order valence-corrected chi connectivity index (χ0v) is 10.6. The molecule has 0 aliphatic heterocycles. The highest BCUT2D eigenvalue weighted by molar-refractivity contribution is 9.10. The number of nitrogens with zero attached hydrogens (tertiary/aromatic N) is 2. The molecule has 0 bridgehead atoms. The van der Waals surface area contributed by atoms with Crippen molar-refractivity contribution in [3.63, 3.8) is 0 Å². The van der Waals surface area contributed by atoms with E-state index < -0.39 is 0 Å². The quantitative estimate of drug-likeness (QED) is 0.842. The zero-order valence-electron chi connectivity index (χ0n) is 8.22. The van der Waals surface area contributed by atoms with Gasteiger partial charge in [0.25, 0.3) is 0 Å². The Morgan fingerprint density at radius 1 is 1.19 bits per heavy atom. The Morgan fingerprint density at radius 2 is 1.94 bits per heavy atom. The summed E-state index contributed by atoms with van der Waals surface area (Å²) in [7, 11) is 0. The van der Waals surface area contributed by atoms with Crippen LogP contribution in [0.1, 0.15) is 5.56 Å². The second-order valence-electron chi connectivity index (χ2n) is 3.04. The van der Waals surface area contributed by atoms with Gasteiger partial charge in [-0.25, -0.2) is 0 Å². The van der Waals surface area contributed by atoms with Crippen LogP contribution in [0.2, 0.25) is 0 Å². The van der Waals surface area contributed by atoms with Crippen LogP contribution in [0.5, 0.6) is 0 Å². The summed E-state index contributed by atoms with van der Waals surface area (Å²) in [4.78, 5) is 5.99. The molecule has 0 unspecified atom stereocenters. The number of hydrogen-bond donors (Lipinski definition) is 0. The minimum Gasteiger partial charge on any atom is -0.265 e. The zero-order chi connectivity index (χ0) is 11.4. The second-order valence-corrected chi connectivity index (χ2v) is 5.07. The van der Waals surface area contributed by atoms with Gasteiger partial charge in [0, 0.05) is 26.7 Å². The van der Waals surface area contributed by atoms with Crippen LogP contribution in [-0.2, 0) is 0 Å². The van der Waals surface area contributed by atoms with Gasteiger partial charge in [-0.1, -0.05) is 27.7 Å². The number of aromatic nitrogens is 1. The van der Waals surface area contributed by atoms with Crippen molar-refractivity contribution in [2.75, 3.05) is 0 Å². The lowest BCUT2D eigenvalue weighted by Gasteiger charge is -2.03. The standard InChI is InChI=1S/C12H7BrN2S/c13-10-1-2-12(9(7-10)8-14)16-11-3-5-15-6-4-11/h1-7H. The van der Waals surface area contributed by atoms with Gasteiger partial charge in [-0.15, -0.1) is 0 Å². The monoisotopic (exact) mass is 290 g/mol. The van der Waals surface area contributed by atoms with E-state index in [1.165, 1.54) is 0 Å². The van der Waals surface area contributed by atoms with Crippen molar-refractivity contribution in [1.29, 1.82) is 5.26 Å². The van der Waals surface area contributed by atoms with Gasteiger partial charge in [-0.2, -0.15) is 5.26 Å². The molecule has 0 spiro atoms. The van der Waals surface area contributed by atoms with Gasteiger partial charge in [0.1, 0.15) is 6.07 Å². The van der Waals surface area contributed by atoms with Gasteiger partial charge in [-0.05, 0) is 30.3 Å². The summed E-state index contributed by atoms with van der Waals surface area (Å²) in [6, 6.07) is 11.7. The third-order valence-electron chi connectivity index (χ3n) is 1.94. The Balaban J connectivity index is 2.32. The van der Waals surface area contributed by atoms with Crippen molar-refractivity contribution in [2.45, 2.75) is 9.79 Å². The maximum Gasteiger partial charge on any atom is 0.100 e. The smallest absolute Gasteiger partial charge is 0.100 e. The van der Waals surface area contributed by atoms with Crippen molar-refractivity contribution in [3.05, 3.63) is 52.8 Å². The third kappa shape index (κ3) is 2.63. The largest absolute Gasteiger partial charge is 0.265 e. The van der Waals surface area contributed by atoms with E-state index in [2.05, 4.69) is 27.0 Å². The van der Waals surface area contributed by atoms with Crippen molar-refractivity contribution < 1.29 is 0 Å². The Kier molecular flexibility index (Phi) is 3.60. The normalized spacial score (nSPS) is 9.75. The average Bonchev–Trinajstić information content (AvgIpc) is 2.33. The number of benzene rings is 1. The number of pyridine rings is 1. The van der Waals surface area contributed by atoms with E-state index in [-0.39, 0.29) is 0 Å². The summed E-state index contributed by atoms with van der Waals surface area (Å²) >= 11 is 4.92. The second kappa shape index (κ2) is 5.15. The molecule has 0 atom stereocenters. The molecule has 0 saturated carbocycles. The predicted octanol–water partition coefficient (Wildman–Crippen LogP) is 3.87. The van der Waals surface area contributed by atoms with Crippen LogP contribution in [-0.4, -0.2) is 4.98 Å². The molecule has 0 radical (unpaired) electrons. The van der Waals surface area contributed by atoms with E-state index >= 15 is 0 Å². The van der Waals surface area contributed by atoms with Crippen LogP contribution in [0.15, 0.2) is 57.0 Å². The van der Waals surface area contributed by atoms with Crippen molar-refractivity contribution in [3.8, 4) is 6.07 Å². The molecule has 1 heterocycles.